The Morgan fingerprint density at radius 3 is 2.69 bits per heavy atom. The third kappa shape index (κ3) is 3.76. The van der Waals surface area contributed by atoms with Gasteiger partial charge in [0, 0.05) is 20.2 Å². The predicted molar refractivity (Wildman–Crippen MR) is 64.2 cm³/mol. The Kier molecular flexibility index (Phi) is 4.74. The van der Waals surface area contributed by atoms with Crippen LogP contribution < -0.4 is 10.6 Å². The lowest BCUT2D eigenvalue weighted by Gasteiger charge is -2.29. The normalized spacial score (nSPS) is 23.1. The van der Waals surface area contributed by atoms with E-state index in [9.17, 15) is 4.79 Å². The van der Waals surface area contributed by atoms with Crippen LogP contribution >= 0.6 is 0 Å². The molecule has 0 spiro atoms. The first kappa shape index (κ1) is 13.5. The number of ether oxygens (including phenoxy) is 1. The van der Waals surface area contributed by atoms with E-state index >= 15 is 0 Å². The van der Waals surface area contributed by atoms with Gasteiger partial charge in [-0.3, -0.25) is 4.79 Å². The van der Waals surface area contributed by atoms with Crippen LogP contribution in [0, 0.1) is 11.3 Å². The van der Waals surface area contributed by atoms with Crippen LogP contribution in [0.5, 0.6) is 0 Å². The summed E-state index contributed by atoms with van der Waals surface area (Å²) in [6.45, 7) is 8.69. The number of hydrogen-bond acceptors (Lipinski definition) is 3. The van der Waals surface area contributed by atoms with Crippen LogP contribution in [0.2, 0.25) is 0 Å². The standard InChI is InChI=1S/C12H24N2O2/c1-12(2,3)10(16-4)8-14-11(15)9-5-6-13-7-9/h9-10,13H,5-8H2,1-4H3,(H,14,15). The Balaban J connectivity index is 2.34. The zero-order chi connectivity index (χ0) is 12.2. The fraction of sp³-hybridized carbons (Fsp3) is 0.917. The van der Waals surface area contributed by atoms with Crippen molar-refractivity contribution in [1.82, 2.24) is 10.6 Å². The Morgan fingerprint density at radius 2 is 2.25 bits per heavy atom. The Bertz CT molecular complexity index is 230. The fourth-order valence-corrected chi connectivity index (χ4v) is 1.96. The second-order valence-electron chi connectivity index (χ2n) is 5.53. The molecule has 0 aromatic rings. The highest BCUT2D eigenvalue weighted by Gasteiger charge is 2.27. The fourth-order valence-electron chi connectivity index (χ4n) is 1.96. The molecule has 0 aliphatic carbocycles. The minimum atomic E-state index is 0.0515. The monoisotopic (exact) mass is 228 g/mol. The maximum atomic E-state index is 11.8. The molecule has 94 valence electrons. The molecule has 1 heterocycles. The van der Waals surface area contributed by atoms with Crippen molar-refractivity contribution in [1.29, 1.82) is 0 Å². The topological polar surface area (TPSA) is 50.4 Å². The van der Waals surface area contributed by atoms with Gasteiger partial charge in [-0.1, -0.05) is 20.8 Å². The summed E-state index contributed by atoms with van der Waals surface area (Å²) in [5.41, 5.74) is 0.0515. The molecule has 0 saturated carbocycles. The van der Waals surface area contributed by atoms with Crippen LogP contribution in [0.3, 0.4) is 0 Å². The van der Waals surface area contributed by atoms with E-state index in [2.05, 4.69) is 31.4 Å². The van der Waals surface area contributed by atoms with Gasteiger partial charge < -0.3 is 15.4 Å². The van der Waals surface area contributed by atoms with Crippen LogP contribution in [-0.4, -0.2) is 38.8 Å². The molecule has 16 heavy (non-hydrogen) atoms. The molecule has 4 nitrogen and oxygen atoms in total. The van der Waals surface area contributed by atoms with Gasteiger partial charge in [-0.2, -0.15) is 0 Å². The van der Waals surface area contributed by atoms with Gasteiger partial charge in [-0.25, -0.2) is 0 Å². The summed E-state index contributed by atoms with van der Waals surface area (Å²) in [7, 11) is 1.69. The highest BCUT2D eigenvalue weighted by atomic mass is 16.5. The first-order valence-corrected chi connectivity index (χ1v) is 5.96. The van der Waals surface area contributed by atoms with E-state index in [-0.39, 0.29) is 23.3 Å². The molecule has 1 fully saturated rings. The smallest absolute Gasteiger partial charge is 0.224 e. The molecule has 1 aliphatic heterocycles. The van der Waals surface area contributed by atoms with Gasteiger partial charge in [0.05, 0.1) is 12.0 Å². The van der Waals surface area contributed by atoms with Gasteiger partial charge in [0.2, 0.25) is 5.91 Å². The molecule has 2 atom stereocenters. The van der Waals surface area contributed by atoms with Crippen molar-refractivity contribution in [3.05, 3.63) is 0 Å². The molecule has 2 N–H and O–H groups in total. The third-order valence-corrected chi connectivity index (χ3v) is 3.14. The molecular weight excluding hydrogens is 204 g/mol. The van der Waals surface area contributed by atoms with Crippen LogP contribution in [0.15, 0.2) is 0 Å². The average molecular weight is 228 g/mol. The van der Waals surface area contributed by atoms with E-state index in [1.165, 1.54) is 0 Å². The molecule has 4 heteroatoms. The summed E-state index contributed by atoms with van der Waals surface area (Å²) in [4.78, 5) is 11.8. The van der Waals surface area contributed by atoms with Crippen molar-refractivity contribution >= 4 is 5.91 Å². The van der Waals surface area contributed by atoms with Gasteiger partial charge in [-0.05, 0) is 18.4 Å². The number of methoxy groups -OCH3 is 1. The summed E-state index contributed by atoms with van der Waals surface area (Å²) < 4.78 is 5.40. The first-order valence-electron chi connectivity index (χ1n) is 5.96. The predicted octanol–water partition coefficient (Wildman–Crippen LogP) is 0.773. The molecule has 0 radical (unpaired) electrons. The highest BCUT2D eigenvalue weighted by molar-refractivity contribution is 5.79. The number of carbonyl (C=O) groups excluding carboxylic acids is 1. The highest BCUT2D eigenvalue weighted by Crippen LogP contribution is 2.21. The maximum absolute atomic E-state index is 11.8. The van der Waals surface area contributed by atoms with Crippen molar-refractivity contribution in [2.24, 2.45) is 11.3 Å². The Hall–Kier alpha value is -0.610. The van der Waals surface area contributed by atoms with E-state index in [0.717, 1.165) is 19.5 Å². The van der Waals surface area contributed by atoms with Gasteiger partial charge in [0.25, 0.3) is 0 Å². The van der Waals surface area contributed by atoms with Crippen LogP contribution in [0.1, 0.15) is 27.2 Å². The molecule has 2 unspecified atom stereocenters. The SMILES string of the molecule is COC(CNC(=O)C1CCNC1)C(C)(C)C. The van der Waals surface area contributed by atoms with Crippen LogP contribution in [0.4, 0.5) is 0 Å². The van der Waals surface area contributed by atoms with Gasteiger partial charge in [0.15, 0.2) is 0 Å². The zero-order valence-corrected chi connectivity index (χ0v) is 10.8. The molecule has 1 saturated heterocycles. The second-order valence-corrected chi connectivity index (χ2v) is 5.53. The lowest BCUT2D eigenvalue weighted by Crippen LogP contribution is -2.42. The summed E-state index contributed by atoms with van der Waals surface area (Å²) in [5, 5.41) is 6.17. The van der Waals surface area contributed by atoms with Crippen molar-refractivity contribution < 1.29 is 9.53 Å². The van der Waals surface area contributed by atoms with Gasteiger partial charge >= 0.3 is 0 Å². The summed E-state index contributed by atoms with van der Waals surface area (Å²) in [6, 6.07) is 0. The maximum Gasteiger partial charge on any atom is 0.224 e. The Morgan fingerprint density at radius 1 is 1.56 bits per heavy atom. The molecule has 1 amide bonds. The van der Waals surface area contributed by atoms with Gasteiger partial charge in [-0.15, -0.1) is 0 Å². The van der Waals surface area contributed by atoms with Crippen molar-refractivity contribution in [3.63, 3.8) is 0 Å². The summed E-state index contributed by atoms with van der Waals surface area (Å²) in [6.07, 6.45) is 1.00. The van der Waals surface area contributed by atoms with E-state index in [4.69, 9.17) is 4.74 Å². The minimum Gasteiger partial charge on any atom is -0.379 e. The molecular formula is C12H24N2O2. The second kappa shape index (κ2) is 5.64. The molecule has 1 rings (SSSR count). The first-order chi connectivity index (χ1) is 7.45. The van der Waals surface area contributed by atoms with Crippen molar-refractivity contribution in [3.8, 4) is 0 Å². The van der Waals surface area contributed by atoms with E-state index in [1.807, 2.05) is 0 Å². The summed E-state index contributed by atoms with van der Waals surface area (Å²) in [5.74, 6) is 0.286. The van der Waals surface area contributed by atoms with Crippen LogP contribution in [0.25, 0.3) is 0 Å². The molecule has 0 bridgehead atoms. The lowest BCUT2D eigenvalue weighted by atomic mass is 9.89. The number of rotatable bonds is 4. The van der Waals surface area contributed by atoms with Crippen molar-refractivity contribution in [2.45, 2.75) is 33.3 Å². The van der Waals surface area contributed by atoms with E-state index in [0.29, 0.717) is 6.54 Å². The van der Waals surface area contributed by atoms with E-state index < -0.39 is 0 Å². The Labute approximate surface area is 98.1 Å². The largest absolute Gasteiger partial charge is 0.379 e. The molecule has 0 aromatic carbocycles. The quantitative estimate of drug-likeness (QED) is 0.747. The number of hydrogen-bond donors (Lipinski definition) is 2. The van der Waals surface area contributed by atoms with E-state index in [1.54, 1.807) is 7.11 Å². The lowest BCUT2D eigenvalue weighted by molar-refractivity contribution is -0.125. The zero-order valence-electron chi connectivity index (χ0n) is 10.8. The van der Waals surface area contributed by atoms with Gasteiger partial charge in [0.1, 0.15) is 0 Å². The molecule has 0 aromatic heterocycles. The number of amides is 1. The average Bonchev–Trinajstić information content (AvgIpc) is 2.68. The minimum absolute atomic E-state index is 0.0515. The summed E-state index contributed by atoms with van der Waals surface area (Å²) >= 11 is 0. The van der Waals surface area contributed by atoms with Crippen molar-refractivity contribution in [2.75, 3.05) is 26.7 Å². The number of carbonyl (C=O) groups is 1. The van der Waals surface area contributed by atoms with Crippen LogP contribution in [-0.2, 0) is 9.53 Å². The third-order valence-electron chi connectivity index (χ3n) is 3.14. The number of nitrogens with one attached hydrogen (secondary N) is 2. The molecule has 1 aliphatic rings.